The molecule has 1 saturated carbocycles. The molecule has 4 heteroatoms. The van der Waals surface area contributed by atoms with Gasteiger partial charge in [-0.15, -0.1) is 12.4 Å². The Morgan fingerprint density at radius 2 is 1.82 bits per heavy atom. The van der Waals surface area contributed by atoms with Crippen LogP contribution in [0.4, 0.5) is 0 Å². The number of nitrogens with zero attached hydrogens (tertiary/aromatic N) is 1. The Morgan fingerprint density at radius 3 is 2.41 bits per heavy atom. The fourth-order valence-electron chi connectivity index (χ4n) is 3.02. The van der Waals surface area contributed by atoms with E-state index in [1.165, 1.54) is 32.1 Å². The molecule has 1 saturated heterocycles. The molecular formula is C13H25ClN2O. The van der Waals surface area contributed by atoms with Gasteiger partial charge in [-0.2, -0.15) is 0 Å². The number of rotatable bonds is 3. The van der Waals surface area contributed by atoms with Crippen LogP contribution in [0.3, 0.4) is 0 Å². The van der Waals surface area contributed by atoms with Gasteiger partial charge in [0.1, 0.15) is 0 Å². The third-order valence-corrected chi connectivity index (χ3v) is 4.16. The quantitative estimate of drug-likeness (QED) is 0.846. The van der Waals surface area contributed by atoms with Gasteiger partial charge in [0.2, 0.25) is 5.91 Å². The van der Waals surface area contributed by atoms with Gasteiger partial charge in [0.15, 0.2) is 0 Å². The van der Waals surface area contributed by atoms with Crippen LogP contribution < -0.4 is 5.73 Å². The molecule has 1 aliphatic heterocycles. The van der Waals surface area contributed by atoms with Gasteiger partial charge in [0.25, 0.3) is 0 Å². The maximum absolute atomic E-state index is 12.1. The highest BCUT2D eigenvalue weighted by Crippen LogP contribution is 2.27. The molecule has 1 aliphatic carbocycles. The maximum Gasteiger partial charge on any atom is 0.222 e. The van der Waals surface area contributed by atoms with Crippen molar-refractivity contribution in [2.24, 2.45) is 17.6 Å². The smallest absolute Gasteiger partial charge is 0.222 e. The SMILES string of the molecule is Cl.NCC1CCN(C(=O)CC2CCCCC2)C1. The first-order valence-electron chi connectivity index (χ1n) is 6.77. The Morgan fingerprint density at radius 1 is 1.12 bits per heavy atom. The highest BCUT2D eigenvalue weighted by atomic mass is 35.5. The van der Waals surface area contributed by atoms with Crippen molar-refractivity contribution in [1.82, 2.24) is 4.90 Å². The first-order chi connectivity index (χ1) is 7.79. The van der Waals surface area contributed by atoms with Gasteiger partial charge in [-0.3, -0.25) is 4.79 Å². The maximum atomic E-state index is 12.1. The molecule has 1 heterocycles. The molecule has 2 aliphatic rings. The fraction of sp³-hybridized carbons (Fsp3) is 0.923. The summed E-state index contributed by atoms with van der Waals surface area (Å²) >= 11 is 0. The van der Waals surface area contributed by atoms with Crippen LogP contribution in [0.25, 0.3) is 0 Å². The van der Waals surface area contributed by atoms with Crippen LogP contribution in [0.15, 0.2) is 0 Å². The zero-order valence-electron chi connectivity index (χ0n) is 10.6. The van der Waals surface area contributed by atoms with Crippen molar-refractivity contribution in [3.63, 3.8) is 0 Å². The molecule has 17 heavy (non-hydrogen) atoms. The number of amides is 1. The Bertz CT molecular complexity index is 242. The van der Waals surface area contributed by atoms with Crippen LogP contribution in [-0.4, -0.2) is 30.4 Å². The van der Waals surface area contributed by atoms with E-state index >= 15 is 0 Å². The third-order valence-electron chi connectivity index (χ3n) is 4.16. The van der Waals surface area contributed by atoms with Crippen molar-refractivity contribution in [2.75, 3.05) is 19.6 Å². The second-order valence-electron chi connectivity index (χ2n) is 5.44. The van der Waals surface area contributed by atoms with Crippen LogP contribution >= 0.6 is 12.4 Å². The molecule has 0 aromatic heterocycles. The van der Waals surface area contributed by atoms with Crippen molar-refractivity contribution < 1.29 is 4.79 Å². The molecular weight excluding hydrogens is 236 g/mol. The van der Waals surface area contributed by atoms with Crippen LogP contribution in [0.2, 0.25) is 0 Å². The molecule has 2 rings (SSSR count). The lowest BCUT2D eigenvalue weighted by Crippen LogP contribution is -2.31. The first kappa shape index (κ1) is 14.8. The number of carbonyl (C=O) groups excluding carboxylic acids is 1. The summed E-state index contributed by atoms with van der Waals surface area (Å²) in [5.74, 6) is 1.59. The second kappa shape index (κ2) is 7.22. The summed E-state index contributed by atoms with van der Waals surface area (Å²) in [6.45, 7) is 2.57. The first-order valence-corrected chi connectivity index (χ1v) is 6.77. The van der Waals surface area contributed by atoms with E-state index in [2.05, 4.69) is 0 Å². The molecule has 1 atom stereocenters. The Labute approximate surface area is 111 Å². The number of likely N-dealkylation sites (tertiary alicyclic amines) is 1. The lowest BCUT2D eigenvalue weighted by molar-refractivity contribution is -0.131. The fourth-order valence-corrected chi connectivity index (χ4v) is 3.02. The van der Waals surface area contributed by atoms with Crippen molar-refractivity contribution in [3.05, 3.63) is 0 Å². The average Bonchev–Trinajstić information content (AvgIpc) is 2.79. The van der Waals surface area contributed by atoms with E-state index in [4.69, 9.17) is 5.73 Å². The highest BCUT2D eigenvalue weighted by molar-refractivity contribution is 5.85. The molecule has 0 bridgehead atoms. The molecule has 0 aromatic carbocycles. The summed E-state index contributed by atoms with van der Waals surface area (Å²) in [4.78, 5) is 14.1. The Hall–Kier alpha value is -0.280. The summed E-state index contributed by atoms with van der Waals surface area (Å²) in [6.07, 6.45) is 8.43. The van der Waals surface area contributed by atoms with Gasteiger partial charge in [-0.1, -0.05) is 19.3 Å². The van der Waals surface area contributed by atoms with E-state index in [9.17, 15) is 4.79 Å². The van der Waals surface area contributed by atoms with Gasteiger partial charge in [-0.25, -0.2) is 0 Å². The highest BCUT2D eigenvalue weighted by Gasteiger charge is 2.27. The van der Waals surface area contributed by atoms with Gasteiger partial charge in [-0.05, 0) is 37.6 Å². The van der Waals surface area contributed by atoms with Crippen LogP contribution in [0, 0.1) is 11.8 Å². The van der Waals surface area contributed by atoms with E-state index in [-0.39, 0.29) is 12.4 Å². The molecule has 100 valence electrons. The zero-order chi connectivity index (χ0) is 11.4. The van der Waals surface area contributed by atoms with E-state index in [1.54, 1.807) is 0 Å². The van der Waals surface area contributed by atoms with Gasteiger partial charge >= 0.3 is 0 Å². The largest absolute Gasteiger partial charge is 0.342 e. The lowest BCUT2D eigenvalue weighted by Gasteiger charge is -2.24. The average molecular weight is 261 g/mol. The summed E-state index contributed by atoms with van der Waals surface area (Å²) in [7, 11) is 0. The number of halogens is 1. The molecule has 2 N–H and O–H groups in total. The summed E-state index contributed by atoms with van der Waals surface area (Å²) in [6, 6.07) is 0. The summed E-state index contributed by atoms with van der Waals surface area (Å²) < 4.78 is 0. The molecule has 1 unspecified atom stereocenters. The predicted molar refractivity (Wildman–Crippen MR) is 72.2 cm³/mol. The van der Waals surface area contributed by atoms with E-state index in [0.717, 1.165) is 32.5 Å². The second-order valence-corrected chi connectivity index (χ2v) is 5.44. The summed E-state index contributed by atoms with van der Waals surface area (Å²) in [5, 5.41) is 0. The number of nitrogens with two attached hydrogens (primary N) is 1. The van der Waals surface area contributed by atoms with Gasteiger partial charge < -0.3 is 10.6 Å². The Kier molecular flexibility index (Phi) is 6.28. The monoisotopic (exact) mass is 260 g/mol. The van der Waals surface area contributed by atoms with Crippen molar-refractivity contribution in [2.45, 2.75) is 44.9 Å². The van der Waals surface area contributed by atoms with E-state index in [0.29, 0.717) is 17.7 Å². The van der Waals surface area contributed by atoms with Gasteiger partial charge in [0.05, 0.1) is 0 Å². The molecule has 0 radical (unpaired) electrons. The number of hydrogen-bond acceptors (Lipinski definition) is 2. The molecule has 0 spiro atoms. The summed E-state index contributed by atoms with van der Waals surface area (Å²) in [5.41, 5.74) is 5.64. The number of carbonyl (C=O) groups is 1. The van der Waals surface area contributed by atoms with Crippen molar-refractivity contribution in [3.8, 4) is 0 Å². The molecule has 3 nitrogen and oxygen atoms in total. The van der Waals surface area contributed by atoms with E-state index < -0.39 is 0 Å². The third kappa shape index (κ3) is 4.14. The Balaban J connectivity index is 0.00000144. The molecule has 2 fully saturated rings. The van der Waals surface area contributed by atoms with Crippen molar-refractivity contribution >= 4 is 18.3 Å². The topological polar surface area (TPSA) is 46.3 Å². The van der Waals surface area contributed by atoms with Crippen LogP contribution in [0.1, 0.15) is 44.9 Å². The van der Waals surface area contributed by atoms with E-state index in [1.807, 2.05) is 4.90 Å². The molecule has 1 amide bonds. The minimum Gasteiger partial charge on any atom is -0.342 e. The van der Waals surface area contributed by atoms with Crippen LogP contribution in [0.5, 0.6) is 0 Å². The van der Waals surface area contributed by atoms with Gasteiger partial charge in [0, 0.05) is 19.5 Å². The lowest BCUT2D eigenvalue weighted by atomic mass is 9.87. The standard InChI is InChI=1S/C13H24N2O.ClH/c14-9-12-6-7-15(10-12)13(16)8-11-4-2-1-3-5-11;/h11-12H,1-10,14H2;1H. The minimum absolute atomic E-state index is 0. The normalized spacial score (nSPS) is 25.7. The van der Waals surface area contributed by atoms with Crippen LogP contribution in [-0.2, 0) is 4.79 Å². The van der Waals surface area contributed by atoms with Crippen molar-refractivity contribution in [1.29, 1.82) is 0 Å². The molecule has 0 aromatic rings. The predicted octanol–water partition coefficient (Wildman–Crippen LogP) is 2.19. The zero-order valence-corrected chi connectivity index (χ0v) is 11.4. The minimum atomic E-state index is 0. The number of hydrogen-bond donors (Lipinski definition) is 1.